The van der Waals surface area contributed by atoms with Gasteiger partial charge in [-0.15, -0.1) is 0 Å². The molecule has 9 heteroatoms. The van der Waals surface area contributed by atoms with Crippen molar-refractivity contribution >= 4 is 37.1 Å². The zero-order valence-corrected chi connectivity index (χ0v) is 13.5. The van der Waals surface area contributed by atoms with Gasteiger partial charge in [-0.1, -0.05) is 18.3 Å². The lowest BCUT2D eigenvalue weighted by Crippen LogP contribution is -2.29. The van der Waals surface area contributed by atoms with E-state index >= 15 is 0 Å². The molecular weight excluding hydrogens is 320 g/mol. The summed E-state index contributed by atoms with van der Waals surface area (Å²) in [6, 6.07) is 4.35. The van der Waals surface area contributed by atoms with Crippen LogP contribution in [0.3, 0.4) is 0 Å². The third-order valence-corrected chi connectivity index (χ3v) is 5.16. The Morgan fingerprint density at radius 1 is 1.30 bits per heavy atom. The quantitative estimate of drug-likeness (QED) is 0.706. The number of thiocarbonyl (C=S) groups is 1. The maximum atomic E-state index is 12.0. The van der Waals surface area contributed by atoms with Crippen LogP contribution in [0.4, 0.5) is 0 Å². The minimum Gasteiger partial charge on any atom is -0.389 e. The van der Waals surface area contributed by atoms with Gasteiger partial charge in [0, 0.05) is 18.4 Å². The topological polar surface area (TPSA) is 106 Å². The maximum absolute atomic E-state index is 12.0. The number of rotatable bonds is 6. The first-order chi connectivity index (χ1) is 9.03. The fourth-order valence-corrected chi connectivity index (χ4v) is 3.47. The van der Waals surface area contributed by atoms with E-state index in [9.17, 15) is 16.8 Å². The van der Waals surface area contributed by atoms with Crippen LogP contribution >= 0.6 is 12.2 Å². The molecule has 0 bridgehead atoms. The van der Waals surface area contributed by atoms with Gasteiger partial charge in [0.15, 0.2) is 0 Å². The van der Waals surface area contributed by atoms with Gasteiger partial charge in [-0.05, 0) is 24.6 Å². The summed E-state index contributed by atoms with van der Waals surface area (Å²) in [5.41, 5.74) is 6.75. The van der Waals surface area contributed by atoms with E-state index in [1.165, 1.54) is 18.2 Å². The van der Waals surface area contributed by atoms with E-state index in [-0.39, 0.29) is 22.2 Å². The average Bonchev–Trinajstić information content (AvgIpc) is 2.26. The van der Waals surface area contributed by atoms with Gasteiger partial charge in [-0.25, -0.2) is 21.6 Å². The molecule has 112 valence electrons. The lowest BCUT2D eigenvalue weighted by molar-refractivity contribution is 0.582. The highest BCUT2D eigenvalue weighted by Crippen LogP contribution is 2.15. The van der Waals surface area contributed by atoms with Gasteiger partial charge in [0.05, 0.1) is 10.6 Å². The molecule has 0 spiro atoms. The molecular formula is C11H16N2O4S3. The van der Waals surface area contributed by atoms with Crippen LogP contribution in [-0.2, 0) is 19.9 Å². The van der Waals surface area contributed by atoms with Gasteiger partial charge in [-0.2, -0.15) is 0 Å². The summed E-state index contributed by atoms with van der Waals surface area (Å²) in [6.07, 6.45) is 1.04. The Balaban J connectivity index is 2.94. The van der Waals surface area contributed by atoms with E-state index in [0.717, 1.165) is 6.26 Å². The van der Waals surface area contributed by atoms with E-state index in [2.05, 4.69) is 4.72 Å². The molecule has 0 aliphatic carbocycles. The summed E-state index contributed by atoms with van der Waals surface area (Å²) >= 11 is 4.84. The number of benzene rings is 1. The van der Waals surface area contributed by atoms with Crippen molar-refractivity contribution in [2.45, 2.75) is 11.8 Å². The monoisotopic (exact) mass is 336 g/mol. The molecule has 1 aromatic rings. The summed E-state index contributed by atoms with van der Waals surface area (Å²) in [5, 5.41) is 0. The van der Waals surface area contributed by atoms with Gasteiger partial charge in [-0.3, -0.25) is 0 Å². The van der Waals surface area contributed by atoms with Crippen LogP contribution in [0.1, 0.15) is 11.1 Å². The minimum atomic E-state index is -3.75. The lowest BCUT2D eigenvalue weighted by Gasteiger charge is -2.09. The van der Waals surface area contributed by atoms with Crippen molar-refractivity contribution in [2.24, 2.45) is 5.73 Å². The van der Waals surface area contributed by atoms with Crippen LogP contribution in [0.15, 0.2) is 23.1 Å². The van der Waals surface area contributed by atoms with Crippen LogP contribution in [0, 0.1) is 6.92 Å². The Morgan fingerprint density at radius 3 is 2.35 bits per heavy atom. The molecule has 0 saturated heterocycles. The van der Waals surface area contributed by atoms with Gasteiger partial charge >= 0.3 is 0 Å². The maximum Gasteiger partial charge on any atom is 0.240 e. The van der Waals surface area contributed by atoms with Crippen LogP contribution in [-0.4, -0.2) is 40.4 Å². The Bertz CT molecular complexity index is 724. The van der Waals surface area contributed by atoms with Crippen LogP contribution < -0.4 is 10.5 Å². The third kappa shape index (κ3) is 4.82. The number of nitrogens with one attached hydrogen (secondary N) is 1. The van der Waals surface area contributed by atoms with Crippen LogP contribution in [0.5, 0.6) is 0 Å². The van der Waals surface area contributed by atoms with E-state index in [1.54, 1.807) is 6.92 Å². The van der Waals surface area contributed by atoms with Crippen molar-refractivity contribution in [3.8, 4) is 0 Å². The van der Waals surface area contributed by atoms with Crippen molar-refractivity contribution in [3.05, 3.63) is 29.3 Å². The molecule has 0 saturated carbocycles. The molecule has 0 aliphatic rings. The molecule has 0 heterocycles. The highest BCUT2D eigenvalue weighted by molar-refractivity contribution is 7.91. The number of hydrogen-bond acceptors (Lipinski definition) is 5. The normalized spacial score (nSPS) is 12.3. The number of sulfonamides is 1. The van der Waals surface area contributed by atoms with Crippen molar-refractivity contribution in [2.75, 3.05) is 18.6 Å². The first-order valence-corrected chi connectivity index (χ1v) is 9.56. The second-order valence-corrected chi connectivity index (χ2v) is 8.84. The summed E-state index contributed by atoms with van der Waals surface area (Å²) in [7, 11) is -6.96. The Kier molecular flexibility index (Phi) is 5.25. The van der Waals surface area contributed by atoms with Crippen molar-refractivity contribution < 1.29 is 16.8 Å². The SMILES string of the molecule is Cc1cc(S(=O)(=O)NCCS(C)(=O)=O)ccc1C(N)=S. The summed E-state index contributed by atoms with van der Waals surface area (Å²) in [4.78, 5) is 0.236. The standard InChI is InChI=1S/C11H16N2O4S3/c1-8-7-9(3-4-10(8)11(12)18)20(16,17)13-5-6-19(2,14)15/h3-4,7,13H,5-6H2,1-2H3,(H2,12,18). The Morgan fingerprint density at radius 2 is 1.90 bits per heavy atom. The van der Waals surface area contributed by atoms with E-state index in [1.807, 2.05) is 0 Å². The molecule has 0 aromatic heterocycles. The Hall–Kier alpha value is -1.03. The fraction of sp³-hybridized carbons (Fsp3) is 0.364. The summed E-state index contributed by atoms with van der Waals surface area (Å²) in [5.74, 6) is -0.254. The minimum absolute atomic E-state index is 0.0449. The van der Waals surface area contributed by atoms with Gasteiger partial charge in [0.25, 0.3) is 0 Å². The molecule has 0 atom stereocenters. The predicted molar refractivity (Wildman–Crippen MR) is 82.0 cm³/mol. The summed E-state index contributed by atoms with van der Waals surface area (Å²) in [6.45, 7) is 1.53. The average molecular weight is 336 g/mol. The van der Waals surface area contributed by atoms with Crippen molar-refractivity contribution in [3.63, 3.8) is 0 Å². The smallest absolute Gasteiger partial charge is 0.240 e. The molecule has 0 unspecified atom stereocenters. The molecule has 0 radical (unpaired) electrons. The molecule has 0 aliphatic heterocycles. The lowest BCUT2D eigenvalue weighted by atomic mass is 10.1. The molecule has 1 aromatic carbocycles. The molecule has 0 fully saturated rings. The van der Waals surface area contributed by atoms with Gasteiger partial charge in [0.2, 0.25) is 10.0 Å². The molecule has 0 amide bonds. The largest absolute Gasteiger partial charge is 0.389 e. The highest BCUT2D eigenvalue weighted by Gasteiger charge is 2.16. The van der Waals surface area contributed by atoms with E-state index in [4.69, 9.17) is 18.0 Å². The van der Waals surface area contributed by atoms with Crippen molar-refractivity contribution in [1.29, 1.82) is 0 Å². The fourth-order valence-electron chi connectivity index (χ4n) is 1.52. The van der Waals surface area contributed by atoms with Gasteiger partial charge in [0.1, 0.15) is 14.8 Å². The molecule has 20 heavy (non-hydrogen) atoms. The second-order valence-electron chi connectivity index (χ2n) is 4.37. The van der Waals surface area contributed by atoms with Gasteiger partial charge < -0.3 is 5.73 Å². The molecule has 6 nitrogen and oxygen atoms in total. The zero-order valence-electron chi connectivity index (χ0n) is 11.1. The number of aryl methyl sites for hydroxylation is 1. The molecule has 1 rings (SSSR count). The first-order valence-electron chi connectivity index (χ1n) is 5.61. The second kappa shape index (κ2) is 6.17. The number of nitrogens with two attached hydrogens (primary N) is 1. The summed E-state index contributed by atoms with van der Waals surface area (Å²) < 4.78 is 48.1. The van der Waals surface area contributed by atoms with E-state index < -0.39 is 19.9 Å². The third-order valence-electron chi connectivity index (χ3n) is 2.54. The van der Waals surface area contributed by atoms with Crippen LogP contribution in [0.2, 0.25) is 0 Å². The predicted octanol–water partition coefficient (Wildman–Crippen LogP) is -0.0479. The Labute approximate surface area is 124 Å². The van der Waals surface area contributed by atoms with E-state index in [0.29, 0.717) is 11.1 Å². The first kappa shape index (κ1) is 17.0. The number of sulfone groups is 1. The highest BCUT2D eigenvalue weighted by atomic mass is 32.2. The molecule has 3 N–H and O–H groups in total. The zero-order chi connectivity index (χ0) is 15.6. The number of hydrogen-bond donors (Lipinski definition) is 2. The van der Waals surface area contributed by atoms with Crippen molar-refractivity contribution in [1.82, 2.24) is 4.72 Å². The van der Waals surface area contributed by atoms with Crippen LogP contribution in [0.25, 0.3) is 0 Å².